The zero-order chi connectivity index (χ0) is 14.7. The fourth-order valence-corrected chi connectivity index (χ4v) is 2.06. The van der Waals surface area contributed by atoms with Gasteiger partial charge in [-0.1, -0.05) is 29.8 Å². The highest BCUT2D eigenvalue weighted by molar-refractivity contribution is 6.30. The van der Waals surface area contributed by atoms with Crippen LogP contribution in [-0.2, 0) is 6.61 Å². The molecule has 2 aromatic carbocycles. The predicted octanol–water partition coefficient (Wildman–Crippen LogP) is 4.42. The van der Waals surface area contributed by atoms with Crippen LogP contribution in [0.1, 0.15) is 29.7 Å². The average molecular weight is 295 g/mol. The number of aryl methyl sites for hydroxylation is 1. The Bertz CT molecular complexity index is 611. The summed E-state index contributed by atoms with van der Waals surface area (Å²) in [6, 6.07) is 10.0. The van der Waals surface area contributed by atoms with E-state index in [1.807, 2.05) is 25.1 Å². The third-order valence-corrected chi connectivity index (χ3v) is 3.25. The van der Waals surface area contributed by atoms with Gasteiger partial charge in [0, 0.05) is 16.1 Å². The Morgan fingerprint density at radius 1 is 1.25 bits per heavy atom. The van der Waals surface area contributed by atoms with Gasteiger partial charge in [-0.15, -0.1) is 0 Å². The zero-order valence-electron chi connectivity index (χ0n) is 11.4. The molecule has 0 spiro atoms. The van der Waals surface area contributed by atoms with Crippen LogP contribution < -0.4 is 4.74 Å². The molecule has 0 radical (unpaired) electrons. The molecule has 0 aliphatic carbocycles. The van der Waals surface area contributed by atoms with Crippen LogP contribution in [0.3, 0.4) is 0 Å². The molecule has 106 valence electrons. The Balaban J connectivity index is 2.20. The highest BCUT2D eigenvalue weighted by atomic mass is 35.5. The molecule has 0 aliphatic rings. The van der Waals surface area contributed by atoms with Crippen molar-refractivity contribution < 1.29 is 14.2 Å². The van der Waals surface area contributed by atoms with Gasteiger partial charge in [0.15, 0.2) is 0 Å². The summed E-state index contributed by atoms with van der Waals surface area (Å²) in [5.41, 5.74) is 2.12. The lowest BCUT2D eigenvalue weighted by Gasteiger charge is -2.14. The average Bonchev–Trinajstić information content (AvgIpc) is 2.37. The van der Waals surface area contributed by atoms with Crippen LogP contribution in [0, 0.1) is 12.7 Å². The quantitative estimate of drug-likeness (QED) is 0.904. The first-order valence-electron chi connectivity index (χ1n) is 6.32. The van der Waals surface area contributed by atoms with Crippen molar-refractivity contribution in [3.05, 3.63) is 63.9 Å². The van der Waals surface area contributed by atoms with Gasteiger partial charge in [-0.2, -0.15) is 0 Å². The SMILES string of the molecule is Cc1ccc([C@@H](C)O)c(OCc2ccc(Cl)cc2F)c1. The minimum atomic E-state index is -0.638. The molecule has 0 amide bonds. The standard InChI is InChI=1S/C16H16ClFO2/c1-10-3-6-14(11(2)19)16(7-10)20-9-12-4-5-13(17)8-15(12)18/h3-8,11,19H,9H2,1-2H3/t11-/m1/s1. The second-order valence-corrected chi connectivity index (χ2v) is 5.18. The van der Waals surface area contributed by atoms with Gasteiger partial charge >= 0.3 is 0 Å². The molecule has 0 unspecified atom stereocenters. The normalized spacial score (nSPS) is 12.2. The summed E-state index contributed by atoms with van der Waals surface area (Å²) in [6.07, 6.45) is -0.638. The maximum Gasteiger partial charge on any atom is 0.131 e. The lowest BCUT2D eigenvalue weighted by Crippen LogP contribution is -2.03. The van der Waals surface area contributed by atoms with Gasteiger partial charge in [0.1, 0.15) is 18.2 Å². The smallest absolute Gasteiger partial charge is 0.131 e. The molecular formula is C16H16ClFO2. The van der Waals surface area contributed by atoms with Crippen LogP contribution in [0.5, 0.6) is 5.75 Å². The van der Waals surface area contributed by atoms with Crippen LogP contribution in [0.25, 0.3) is 0 Å². The van der Waals surface area contributed by atoms with Gasteiger partial charge in [0.2, 0.25) is 0 Å². The third kappa shape index (κ3) is 3.50. The fourth-order valence-electron chi connectivity index (χ4n) is 1.91. The summed E-state index contributed by atoms with van der Waals surface area (Å²) in [5.74, 6) is 0.165. The van der Waals surface area contributed by atoms with Gasteiger partial charge < -0.3 is 9.84 Å². The fraction of sp³-hybridized carbons (Fsp3) is 0.250. The van der Waals surface area contributed by atoms with E-state index >= 15 is 0 Å². The maximum absolute atomic E-state index is 13.7. The van der Waals surface area contributed by atoms with Crippen molar-refractivity contribution in [3.8, 4) is 5.75 Å². The largest absolute Gasteiger partial charge is 0.488 e. The number of aliphatic hydroxyl groups excluding tert-OH is 1. The van der Waals surface area contributed by atoms with Crippen LogP contribution in [0.4, 0.5) is 4.39 Å². The van der Waals surface area contributed by atoms with E-state index in [0.29, 0.717) is 21.9 Å². The van der Waals surface area contributed by atoms with E-state index in [1.54, 1.807) is 19.1 Å². The van der Waals surface area contributed by atoms with Crippen molar-refractivity contribution in [2.24, 2.45) is 0 Å². The van der Waals surface area contributed by atoms with Crippen molar-refractivity contribution in [2.75, 3.05) is 0 Å². The van der Waals surface area contributed by atoms with Crippen molar-refractivity contribution >= 4 is 11.6 Å². The number of hydrogen-bond acceptors (Lipinski definition) is 2. The van der Waals surface area contributed by atoms with Gasteiger partial charge in [-0.3, -0.25) is 0 Å². The van der Waals surface area contributed by atoms with Crippen molar-refractivity contribution in [1.82, 2.24) is 0 Å². The summed E-state index contributed by atoms with van der Waals surface area (Å²) in [4.78, 5) is 0. The minimum absolute atomic E-state index is 0.0895. The Morgan fingerprint density at radius 3 is 2.65 bits per heavy atom. The number of halogens is 2. The summed E-state index contributed by atoms with van der Waals surface area (Å²) >= 11 is 5.71. The predicted molar refractivity (Wildman–Crippen MR) is 77.6 cm³/mol. The first kappa shape index (κ1) is 14.8. The molecule has 0 saturated heterocycles. The number of hydrogen-bond donors (Lipinski definition) is 1. The van der Waals surface area contributed by atoms with E-state index < -0.39 is 11.9 Å². The number of rotatable bonds is 4. The van der Waals surface area contributed by atoms with E-state index in [9.17, 15) is 9.50 Å². The van der Waals surface area contributed by atoms with E-state index in [4.69, 9.17) is 16.3 Å². The lowest BCUT2D eigenvalue weighted by molar-refractivity contribution is 0.190. The topological polar surface area (TPSA) is 29.5 Å². The van der Waals surface area contributed by atoms with Crippen LogP contribution in [-0.4, -0.2) is 5.11 Å². The number of aliphatic hydroxyl groups is 1. The molecule has 2 nitrogen and oxygen atoms in total. The molecule has 4 heteroatoms. The summed E-state index contributed by atoms with van der Waals surface area (Å²) in [7, 11) is 0. The van der Waals surface area contributed by atoms with Crippen molar-refractivity contribution in [3.63, 3.8) is 0 Å². The molecule has 2 aromatic rings. The molecule has 0 heterocycles. The molecule has 2 rings (SSSR count). The molecule has 0 aliphatic heterocycles. The highest BCUT2D eigenvalue weighted by Crippen LogP contribution is 2.27. The molecule has 20 heavy (non-hydrogen) atoms. The van der Waals surface area contributed by atoms with E-state index in [0.717, 1.165) is 5.56 Å². The molecule has 0 fully saturated rings. The van der Waals surface area contributed by atoms with Crippen molar-refractivity contribution in [1.29, 1.82) is 0 Å². The highest BCUT2D eigenvalue weighted by Gasteiger charge is 2.11. The van der Waals surface area contributed by atoms with Crippen LogP contribution in [0.15, 0.2) is 36.4 Å². The Kier molecular flexibility index (Phi) is 4.63. The molecule has 1 N–H and O–H groups in total. The Labute approximate surface area is 122 Å². The van der Waals surface area contributed by atoms with E-state index in [-0.39, 0.29) is 6.61 Å². The maximum atomic E-state index is 13.7. The summed E-state index contributed by atoms with van der Waals surface area (Å²) in [6.45, 7) is 3.69. The second kappa shape index (κ2) is 6.25. The number of benzene rings is 2. The third-order valence-electron chi connectivity index (χ3n) is 3.02. The van der Waals surface area contributed by atoms with Gasteiger partial charge in [0.05, 0.1) is 6.10 Å². The van der Waals surface area contributed by atoms with Gasteiger partial charge in [-0.05, 0) is 37.6 Å². The summed E-state index contributed by atoms with van der Waals surface area (Å²) in [5, 5.41) is 10.1. The molecule has 0 aromatic heterocycles. The first-order valence-corrected chi connectivity index (χ1v) is 6.70. The second-order valence-electron chi connectivity index (χ2n) is 4.74. The molecule has 0 saturated carbocycles. The van der Waals surface area contributed by atoms with Crippen LogP contribution in [0.2, 0.25) is 5.02 Å². The molecule has 0 bridgehead atoms. The lowest BCUT2D eigenvalue weighted by atomic mass is 10.1. The zero-order valence-corrected chi connectivity index (χ0v) is 12.1. The van der Waals surface area contributed by atoms with E-state index in [1.165, 1.54) is 6.07 Å². The molecule has 1 atom stereocenters. The summed E-state index contributed by atoms with van der Waals surface area (Å²) < 4.78 is 19.3. The monoisotopic (exact) mass is 294 g/mol. The number of ether oxygens (including phenoxy) is 1. The van der Waals surface area contributed by atoms with Gasteiger partial charge in [0.25, 0.3) is 0 Å². The molecular weight excluding hydrogens is 279 g/mol. The first-order chi connectivity index (χ1) is 9.47. The Morgan fingerprint density at radius 2 is 2.00 bits per heavy atom. The van der Waals surface area contributed by atoms with Crippen molar-refractivity contribution in [2.45, 2.75) is 26.6 Å². The minimum Gasteiger partial charge on any atom is -0.488 e. The Hall–Kier alpha value is -1.58. The van der Waals surface area contributed by atoms with E-state index in [2.05, 4.69) is 0 Å². The van der Waals surface area contributed by atoms with Gasteiger partial charge in [-0.25, -0.2) is 4.39 Å². The van der Waals surface area contributed by atoms with Crippen LogP contribution >= 0.6 is 11.6 Å².